The molecule has 112 valence electrons. The highest BCUT2D eigenvalue weighted by Gasteiger charge is 2.08. The van der Waals surface area contributed by atoms with Crippen molar-refractivity contribution in [1.82, 2.24) is 0 Å². The van der Waals surface area contributed by atoms with Crippen LogP contribution >= 0.6 is 43.5 Å². The van der Waals surface area contributed by atoms with Crippen molar-refractivity contribution >= 4 is 49.1 Å². The molecule has 0 heterocycles. The van der Waals surface area contributed by atoms with Crippen LogP contribution < -0.4 is 10.1 Å². The second kappa shape index (κ2) is 8.03. The molecule has 2 N–H and O–H groups in total. The maximum Gasteiger partial charge on any atom is 0.120 e. The van der Waals surface area contributed by atoms with Gasteiger partial charge in [0.15, 0.2) is 0 Å². The molecule has 3 nitrogen and oxygen atoms in total. The van der Waals surface area contributed by atoms with Crippen molar-refractivity contribution in [3.05, 3.63) is 56.4 Å². The van der Waals surface area contributed by atoms with Gasteiger partial charge in [-0.2, -0.15) is 0 Å². The minimum atomic E-state index is -0.630. The Hall–Kier alpha value is -0.750. The lowest BCUT2D eigenvalue weighted by atomic mass is 10.3. The van der Waals surface area contributed by atoms with Gasteiger partial charge in [-0.1, -0.05) is 39.7 Å². The van der Waals surface area contributed by atoms with Gasteiger partial charge in [0.05, 0.1) is 15.2 Å². The molecule has 0 aliphatic carbocycles. The first kappa shape index (κ1) is 16.6. The second-order valence-corrected chi connectivity index (χ2v) is 6.52. The zero-order valence-corrected chi connectivity index (χ0v) is 15.0. The van der Waals surface area contributed by atoms with E-state index in [1.807, 2.05) is 36.4 Å². The Bertz CT molecular complexity index is 610. The van der Waals surface area contributed by atoms with Gasteiger partial charge in [-0.3, -0.25) is 0 Å². The van der Waals surface area contributed by atoms with Gasteiger partial charge in [-0.05, 0) is 46.3 Å². The Balaban J connectivity index is 1.82. The summed E-state index contributed by atoms with van der Waals surface area (Å²) in [6.07, 6.45) is -0.630. The lowest BCUT2D eigenvalue weighted by Gasteiger charge is -2.15. The van der Waals surface area contributed by atoms with Crippen LogP contribution in [0.15, 0.2) is 51.4 Å². The standard InChI is InChI=1S/C15H14Br2ClNO2/c16-10-3-1-4-12(7-10)21-9-11(20)8-19-14-6-2-5-13(18)15(14)17/h1-7,11,19-20H,8-9H2. The number of hydrogen-bond acceptors (Lipinski definition) is 3. The molecule has 0 bridgehead atoms. The molecule has 0 aliphatic heterocycles. The van der Waals surface area contributed by atoms with Crippen LogP contribution in [-0.4, -0.2) is 24.4 Å². The van der Waals surface area contributed by atoms with E-state index in [2.05, 4.69) is 37.2 Å². The fraction of sp³-hybridized carbons (Fsp3) is 0.200. The molecule has 0 radical (unpaired) electrons. The van der Waals surface area contributed by atoms with Gasteiger partial charge >= 0.3 is 0 Å². The van der Waals surface area contributed by atoms with Crippen LogP contribution in [0, 0.1) is 0 Å². The maximum absolute atomic E-state index is 9.95. The first-order chi connectivity index (χ1) is 10.1. The third-order valence-corrected chi connectivity index (χ3v) is 4.61. The summed E-state index contributed by atoms with van der Waals surface area (Å²) in [6.45, 7) is 0.578. The highest BCUT2D eigenvalue weighted by molar-refractivity contribution is 9.11. The summed E-state index contributed by atoms with van der Waals surface area (Å²) in [6, 6.07) is 13.0. The second-order valence-electron chi connectivity index (χ2n) is 4.40. The molecule has 0 spiro atoms. The summed E-state index contributed by atoms with van der Waals surface area (Å²) in [5, 5.41) is 13.7. The van der Waals surface area contributed by atoms with Gasteiger partial charge in [-0.15, -0.1) is 0 Å². The molecule has 0 aromatic heterocycles. The number of aliphatic hydroxyl groups is 1. The minimum Gasteiger partial charge on any atom is -0.491 e. The highest BCUT2D eigenvalue weighted by Crippen LogP contribution is 2.29. The van der Waals surface area contributed by atoms with E-state index in [9.17, 15) is 5.11 Å². The average molecular weight is 436 g/mol. The van der Waals surface area contributed by atoms with Gasteiger partial charge in [-0.25, -0.2) is 0 Å². The number of rotatable bonds is 6. The van der Waals surface area contributed by atoms with Crippen LogP contribution in [-0.2, 0) is 0 Å². The van der Waals surface area contributed by atoms with Gasteiger partial charge in [0.25, 0.3) is 0 Å². The Labute approximate surface area is 145 Å². The van der Waals surface area contributed by atoms with Crippen molar-refractivity contribution < 1.29 is 9.84 Å². The number of aliphatic hydroxyl groups excluding tert-OH is 1. The van der Waals surface area contributed by atoms with Crippen molar-refractivity contribution in [2.45, 2.75) is 6.10 Å². The van der Waals surface area contributed by atoms with Crippen LogP contribution in [0.1, 0.15) is 0 Å². The van der Waals surface area contributed by atoms with Crippen molar-refractivity contribution in [2.24, 2.45) is 0 Å². The van der Waals surface area contributed by atoms with Crippen LogP contribution in [0.2, 0.25) is 5.02 Å². The first-order valence-electron chi connectivity index (χ1n) is 6.30. The predicted octanol–water partition coefficient (Wildman–Crippen LogP) is 4.72. The van der Waals surface area contributed by atoms with E-state index in [-0.39, 0.29) is 6.61 Å². The normalized spacial score (nSPS) is 12.0. The summed E-state index contributed by atoms with van der Waals surface area (Å²) in [5.74, 6) is 0.715. The Kier molecular flexibility index (Phi) is 6.36. The van der Waals surface area contributed by atoms with E-state index in [0.717, 1.165) is 14.6 Å². The molecular weight excluding hydrogens is 421 g/mol. The molecule has 6 heteroatoms. The number of ether oxygens (including phenoxy) is 1. The summed E-state index contributed by atoms with van der Waals surface area (Å²) >= 11 is 12.8. The molecule has 2 aromatic carbocycles. The van der Waals surface area contributed by atoms with E-state index in [1.54, 1.807) is 6.07 Å². The largest absolute Gasteiger partial charge is 0.491 e. The van der Waals surface area contributed by atoms with Crippen molar-refractivity contribution in [2.75, 3.05) is 18.5 Å². The first-order valence-corrected chi connectivity index (χ1v) is 8.27. The number of halogens is 3. The van der Waals surface area contributed by atoms with E-state index >= 15 is 0 Å². The molecule has 0 aliphatic rings. The van der Waals surface area contributed by atoms with E-state index in [1.165, 1.54) is 0 Å². The highest BCUT2D eigenvalue weighted by atomic mass is 79.9. The molecule has 1 unspecified atom stereocenters. The third-order valence-electron chi connectivity index (χ3n) is 2.72. The minimum absolute atomic E-state index is 0.210. The monoisotopic (exact) mass is 433 g/mol. The molecule has 0 fully saturated rings. The van der Waals surface area contributed by atoms with Gasteiger partial charge in [0.2, 0.25) is 0 Å². The number of nitrogens with one attached hydrogen (secondary N) is 1. The van der Waals surface area contributed by atoms with Crippen LogP contribution in [0.5, 0.6) is 5.75 Å². The molecule has 0 saturated carbocycles. The molecule has 2 aromatic rings. The smallest absolute Gasteiger partial charge is 0.120 e. The van der Waals surface area contributed by atoms with Gasteiger partial charge < -0.3 is 15.2 Å². The lowest BCUT2D eigenvalue weighted by molar-refractivity contribution is 0.117. The Morgan fingerprint density at radius 3 is 2.71 bits per heavy atom. The van der Waals surface area contributed by atoms with Crippen LogP contribution in [0.4, 0.5) is 5.69 Å². The molecule has 2 rings (SSSR count). The fourth-order valence-corrected chi connectivity index (χ4v) is 2.63. The van der Waals surface area contributed by atoms with Crippen molar-refractivity contribution in [1.29, 1.82) is 0 Å². The fourth-order valence-electron chi connectivity index (χ4n) is 1.68. The molecule has 0 saturated heterocycles. The zero-order chi connectivity index (χ0) is 15.2. The summed E-state index contributed by atoms with van der Waals surface area (Å²) in [7, 11) is 0. The third kappa shape index (κ3) is 5.18. The topological polar surface area (TPSA) is 41.5 Å². The van der Waals surface area contributed by atoms with Crippen LogP contribution in [0.25, 0.3) is 0 Å². The quantitative estimate of drug-likeness (QED) is 0.690. The van der Waals surface area contributed by atoms with E-state index in [0.29, 0.717) is 17.3 Å². The molecule has 1 atom stereocenters. The number of benzene rings is 2. The SMILES string of the molecule is OC(CNc1cccc(Cl)c1Br)COc1cccc(Br)c1. The van der Waals surface area contributed by atoms with Gasteiger partial charge in [0, 0.05) is 11.0 Å². The van der Waals surface area contributed by atoms with Crippen LogP contribution in [0.3, 0.4) is 0 Å². The van der Waals surface area contributed by atoms with E-state index in [4.69, 9.17) is 16.3 Å². The lowest BCUT2D eigenvalue weighted by Crippen LogP contribution is -2.26. The van der Waals surface area contributed by atoms with Crippen molar-refractivity contribution in [3.63, 3.8) is 0 Å². The number of anilines is 1. The van der Waals surface area contributed by atoms with E-state index < -0.39 is 6.10 Å². The maximum atomic E-state index is 9.95. The zero-order valence-electron chi connectivity index (χ0n) is 11.0. The summed E-state index contributed by atoms with van der Waals surface area (Å²) in [5.41, 5.74) is 0.837. The molecule has 0 amide bonds. The van der Waals surface area contributed by atoms with Gasteiger partial charge in [0.1, 0.15) is 18.5 Å². The van der Waals surface area contributed by atoms with Crippen molar-refractivity contribution in [3.8, 4) is 5.75 Å². The summed E-state index contributed by atoms with van der Waals surface area (Å²) < 4.78 is 7.26. The summed E-state index contributed by atoms with van der Waals surface area (Å²) in [4.78, 5) is 0. The predicted molar refractivity (Wildman–Crippen MR) is 93.3 cm³/mol. The number of hydrogen-bond donors (Lipinski definition) is 2. The average Bonchev–Trinajstić information content (AvgIpc) is 2.47. The molecular formula is C15H14Br2ClNO2. The Morgan fingerprint density at radius 1 is 1.19 bits per heavy atom. The molecule has 21 heavy (non-hydrogen) atoms. The Morgan fingerprint density at radius 2 is 1.95 bits per heavy atom.